The standard InChI is InChI=1S/C29H21N7O12S3/c30-24-21(51(46,47)48)12-18(22-23(24)26(38)15-6-2-1-5-14(15)25(22)37)31-13-9-10-20(50(43,44)45)17(11-13)33-28-34-27(35-29(39)36-28)32-16-7-3-4-8-19(16)49(40,41)42/h1-12,31H,30H2,(H,40,41,42)(H,43,44,45)(H,46,47,48)(H3,32,33,34,35,36,39). The number of ketones is 2. The summed E-state index contributed by atoms with van der Waals surface area (Å²) in [6.45, 7) is 0. The SMILES string of the molecule is Nc1c(S(=O)(=O)O)cc(Nc2ccc(S(=O)(=O)O)c(Nc3nc(O)nc(Nc4ccccc4S(=O)(=O)O)n3)c2)c2c1C(=O)c1ccccc1C2=O. The number of carbonyl (C=O) groups is 2. The fourth-order valence-corrected chi connectivity index (χ4v) is 7.13. The van der Waals surface area contributed by atoms with Crippen LogP contribution in [0.3, 0.4) is 0 Å². The van der Waals surface area contributed by atoms with Crippen LogP contribution in [0.2, 0.25) is 0 Å². The number of hydrogen-bond acceptors (Lipinski definition) is 16. The van der Waals surface area contributed by atoms with E-state index in [-0.39, 0.29) is 33.8 Å². The van der Waals surface area contributed by atoms with Crippen LogP contribution in [-0.2, 0) is 30.4 Å². The lowest BCUT2D eigenvalue weighted by atomic mass is 9.82. The maximum atomic E-state index is 13.7. The summed E-state index contributed by atoms with van der Waals surface area (Å²) < 4.78 is 102. The minimum absolute atomic E-state index is 0.0283. The quantitative estimate of drug-likeness (QED) is 0.0776. The molecule has 0 radical (unpaired) electrons. The van der Waals surface area contributed by atoms with E-state index in [1.54, 1.807) is 0 Å². The van der Waals surface area contributed by atoms with Crippen LogP contribution in [-0.4, -0.2) is 70.5 Å². The van der Waals surface area contributed by atoms with Crippen molar-refractivity contribution in [2.24, 2.45) is 0 Å². The second-order valence-electron chi connectivity index (χ2n) is 10.6. The number of carbonyl (C=O) groups excluding carboxylic acids is 2. The molecular formula is C29H21N7O12S3. The van der Waals surface area contributed by atoms with Crippen molar-refractivity contribution >= 4 is 82.3 Å². The summed E-state index contributed by atoms with van der Waals surface area (Å²) in [5, 5.41) is 17.8. The maximum Gasteiger partial charge on any atom is 0.320 e. The van der Waals surface area contributed by atoms with E-state index < -0.39 is 91.5 Å². The number of nitrogens with one attached hydrogen (secondary N) is 3. The Bertz CT molecular complexity index is 2670. The Balaban J connectivity index is 1.44. The molecule has 1 aliphatic carbocycles. The normalized spacial score (nSPS) is 12.9. The van der Waals surface area contributed by atoms with Gasteiger partial charge in [0.15, 0.2) is 11.6 Å². The number of aromatic hydroxyl groups is 1. The predicted octanol–water partition coefficient (Wildman–Crippen LogP) is 2.91. The van der Waals surface area contributed by atoms with Gasteiger partial charge < -0.3 is 26.8 Å². The van der Waals surface area contributed by atoms with Gasteiger partial charge in [-0.3, -0.25) is 23.2 Å². The summed E-state index contributed by atoms with van der Waals surface area (Å²) in [7, 11) is -14.8. The minimum atomic E-state index is -5.07. The molecule has 4 aromatic carbocycles. The molecule has 22 heteroatoms. The molecule has 0 spiro atoms. The van der Waals surface area contributed by atoms with Gasteiger partial charge in [-0.05, 0) is 36.4 Å². The van der Waals surface area contributed by atoms with Gasteiger partial charge in [0.05, 0.1) is 33.9 Å². The molecule has 0 unspecified atom stereocenters. The molecule has 0 saturated carbocycles. The number of benzene rings is 4. The first-order valence-electron chi connectivity index (χ1n) is 13.9. The first-order chi connectivity index (χ1) is 23.8. The number of rotatable bonds is 9. The number of fused-ring (bicyclic) bond motifs is 2. The third-order valence-electron chi connectivity index (χ3n) is 7.30. The van der Waals surface area contributed by atoms with Crippen LogP contribution in [0.25, 0.3) is 0 Å². The Labute approximate surface area is 287 Å². The van der Waals surface area contributed by atoms with Gasteiger partial charge in [0.25, 0.3) is 30.4 Å². The van der Waals surface area contributed by atoms with E-state index in [1.165, 1.54) is 42.5 Å². The van der Waals surface area contributed by atoms with Crippen LogP contribution in [0.1, 0.15) is 31.8 Å². The van der Waals surface area contributed by atoms with Gasteiger partial charge in [-0.1, -0.05) is 36.4 Å². The van der Waals surface area contributed by atoms with E-state index in [0.717, 1.165) is 30.3 Å². The highest BCUT2D eigenvalue weighted by molar-refractivity contribution is 7.86. The van der Waals surface area contributed by atoms with E-state index in [2.05, 4.69) is 30.9 Å². The molecule has 0 fully saturated rings. The Morgan fingerprint density at radius 3 is 1.65 bits per heavy atom. The van der Waals surface area contributed by atoms with Gasteiger partial charge in [-0.15, -0.1) is 0 Å². The van der Waals surface area contributed by atoms with Gasteiger partial charge in [-0.25, -0.2) is 0 Å². The molecule has 9 N–H and O–H groups in total. The molecule has 19 nitrogen and oxygen atoms in total. The predicted molar refractivity (Wildman–Crippen MR) is 178 cm³/mol. The molecule has 5 aromatic rings. The monoisotopic (exact) mass is 755 g/mol. The molecule has 262 valence electrons. The summed E-state index contributed by atoms with van der Waals surface area (Å²) in [4.78, 5) is 36.1. The lowest BCUT2D eigenvalue weighted by molar-refractivity contribution is 0.0980. The number of nitrogens with zero attached hydrogens (tertiary/aromatic N) is 3. The fraction of sp³-hybridized carbons (Fsp3) is 0. The summed E-state index contributed by atoms with van der Waals surface area (Å²) in [5.74, 6) is -2.60. The summed E-state index contributed by atoms with van der Waals surface area (Å²) >= 11 is 0. The van der Waals surface area contributed by atoms with Gasteiger partial charge in [0.1, 0.15) is 14.7 Å². The smallest absolute Gasteiger partial charge is 0.320 e. The molecule has 0 aliphatic heterocycles. The summed E-state index contributed by atoms with van der Waals surface area (Å²) in [6.07, 6.45) is 0. The minimum Gasteiger partial charge on any atom is -0.479 e. The number of anilines is 7. The van der Waals surface area contributed by atoms with E-state index in [1.807, 2.05) is 0 Å². The molecule has 0 atom stereocenters. The number of hydrogen-bond donors (Lipinski definition) is 8. The summed E-state index contributed by atoms with van der Waals surface area (Å²) in [5.41, 5.74) is 3.23. The zero-order valence-electron chi connectivity index (χ0n) is 25.1. The molecule has 0 bridgehead atoms. The number of aromatic nitrogens is 3. The first kappa shape index (κ1) is 34.8. The van der Waals surface area contributed by atoms with E-state index >= 15 is 0 Å². The van der Waals surface area contributed by atoms with Gasteiger partial charge >= 0.3 is 6.01 Å². The molecular weight excluding hydrogens is 735 g/mol. The highest BCUT2D eigenvalue weighted by Crippen LogP contribution is 2.41. The van der Waals surface area contributed by atoms with Crippen LogP contribution >= 0.6 is 0 Å². The van der Waals surface area contributed by atoms with Crippen LogP contribution < -0.4 is 21.7 Å². The van der Waals surface area contributed by atoms with Crippen LogP contribution in [0.5, 0.6) is 6.01 Å². The third kappa shape index (κ3) is 6.77. The van der Waals surface area contributed by atoms with Crippen molar-refractivity contribution < 1.29 is 53.6 Å². The highest BCUT2D eigenvalue weighted by Gasteiger charge is 2.36. The van der Waals surface area contributed by atoms with Crippen molar-refractivity contribution in [1.82, 2.24) is 15.0 Å². The molecule has 6 rings (SSSR count). The Hall–Kier alpha value is -6.04. The van der Waals surface area contributed by atoms with Crippen molar-refractivity contribution in [3.8, 4) is 6.01 Å². The number of nitrogens with two attached hydrogens (primary N) is 1. The van der Waals surface area contributed by atoms with Crippen molar-refractivity contribution in [3.05, 3.63) is 95.1 Å². The second-order valence-corrected chi connectivity index (χ2v) is 14.7. The zero-order chi connectivity index (χ0) is 37.0. The average Bonchev–Trinajstić information content (AvgIpc) is 3.02. The molecule has 1 aromatic heterocycles. The molecule has 0 amide bonds. The molecule has 51 heavy (non-hydrogen) atoms. The Morgan fingerprint density at radius 2 is 1.06 bits per heavy atom. The van der Waals surface area contributed by atoms with Crippen LogP contribution in [0, 0.1) is 0 Å². The van der Waals surface area contributed by atoms with E-state index in [4.69, 9.17) is 5.73 Å². The van der Waals surface area contributed by atoms with Crippen LogP contribution in [0.4, 0.5) is 40.3 Å². The zero-order valence-corrected chi connectivity index (χ0v) is 27.6. The third-order valence-corrected chi connectivity index (χ3v) is 10.0. The summed E-state index contributed by atoms with van der Waals surface area (Å²) in [6, 6.07) is 13.6. The number of para-hydroxylation sites is 1. The molecule has 1 heterocycles. The maximum absolute atomic E-state index is 13.7. The van der Waals surface area contributed by atoms with Gasteiger partial charge in [-0.2, -0.15) is 40.2 Å². The van der Waals surface area contributed by atoms with Crippen molar-refractivity contribution in [2.45, 2.75) is 14.7 Å². The lowest BCUT2D eigenvalue weighted by Crippen LogP contribution is -2.25. The van der Waals surface area contributed by atoms with Crippen LogP contribution in [0.15, 0.2) is 87.5 Å². The molecule has 0 saturated heterocycles. The van der Waals surface area contributed by atoms with E-state index in [0.29, 0.717) is 0 Å². The van der Waals surface area contributed by atoms with Crippen molar-refractivity contribution in [2.75, 3.05) is 21.7 Å². The Morgan fingerprint density at radius 1 is 0.549 bits per heavy atom. The second kappa shape index (κ2) is 12.4. The van der Waals surface area contributed by atoms with Crippen molar-refractivity contribution in [1.29, 1.82) is 0 Å². The lowest BCUT2D eigenvalue weighted by Gasteiger charge is -2.24. The first-order valence-corrected chi connectivity index (χ1v) is 18.2. The largest absolute Gasteiger partial charge is 0.479 e. The average molecular weight is 756 g/mol. The highest BCUT2D eigenvalue weighted by atomic mass is 32.2. The number of nitrogen functional groups attached to an aromatic ring is 1. The van der Waals surface area contributed by atoms with Gasteiger partial charge in [0.2, 0.25) is 11.9 Å². The topological polar surface area (TPSA) is 318 Å². The Kier molecular flexibility index (Phi) is 8.45. The fourth-order valence-electron chi connectivity index (χ4n) is 5.20. The molecule has 1 aliphatic rings. The van der Waals surface area contributed by atoms with Gasteiger partial charge in [0, 0.05) is 16.8 Å². The van der Waals surface area contributed by atoms with Crippen molar-refractivity contribution in [3.63, 3.8) is 0 Å². The van der Waals surface area contributed by atoms with E-state index in [9.17, 15) is 53.6 Å².